The van der Waals surface area contributed by atoms with Gasteiger partial charge in [0.2, 0.25) is 0 Å². The number of benzene rings is 2. The third-order valence-corrected chi connectivity index (χ3v) is 4.95. The van der Waals surface area contributed by atoms with E-state index in [2.05, 4.69) is 18.9 Å². The van der Waals surface area contributed by atoms with Gasteiger partial charge in [0.25, 0.3) is 0 Å². The maximum absolute atomic E-state index is 10.9. The van der Waals surface area contributed by atoms with Crippen LogP contribution < -0.4 is 4.74 Å². The molecule has 1 unspecified atom stereocenters. The van der Waals surface area contributed by atoms with Crippen LogP contribution in [0.5, 0.6) is 5.75 Å². The van der Waals surface area contributed by atoms with Crippen molar-refractivity contribution >= 4 is 28.5 Å². The molecule has 0 bridgehead atoms. The number of aliphatic carboxylic acids is 1. The molecule has 0 saturated carbocycles. The van der Waals surface area contributed by atoms with E-state index < -0.39 is 5.97 Å². The quantitative estimate of drug-likeness (QED) is 0.542. The van der Waals surface area contributed by atoms with Gasteiger partial charge in [0, 0.05) is 17.5 Å². The van der Waals surface area contributed by atoms with Crippen molar-refractivity contribution in [1.29, 1.82) is 0 Å². The van der Waals surface area contributed by atoms with Gasteiger partial charge in [-0.3, -0.25) is 9.48 Å². The first-order valence-electron chi connectivity index (χ1n) is 9.43. The molecule has 1 atom stereocenters. The minimum atomic E-state index is -0.796. The Morgan fingerprint density at radius 2 is 1.89 bits per heavy atom. The third kappa shape index (κ3) is 4.65. The lowest BCUT2D eigenvalue weighted by Crippen LogP contribution is -2.05. The highest BCUT2D eigenvalue weighted by atomic mass is 35.5. The molecule has 6 heteroatoms. The van der Waals surface area contributed by atoms with Crippen LogP contribution in [0.1, 0.15) is 44.2 Å². The number of ether oxygens (including phenoxy) is 1. The molecule has 0 aliphatic carbocycles. The molecule has 28 heavy (non-hydrogen) atoms. The third-order valence-electron chi connectivity index (χ3n) is 4.68. The van der Waals surface area contributed by atoms with E-state index >= 15 is 0 Å². The van der Waals surface area contributed by atoms with Gasteiger partial charge in [0.15, 0.2) is 5.15 Å². The Morgan fingerprint density at radius 3 is 2.54 bits per heavy atom. The molecule has 2 aromatic carbocycles. The van der Waals surface area contributed by atoms with E-state index in [0.29, 0.717) is 17.7 Å². The smallest absolute Gasteiger partial charge is 0.303 e. The fraction of sp³-hybridized carbons (Fsp3) is 0.364. The zero-order valence-corrected chi connectivity index (χ0v) is 17.1. The molecule has 0 aliphatic heterocycles. The molecule has 3 aromatic rings. The van der Waals surface area contributed by atoms with Gasteiger partial charge in [-0.05, 0) is 35.6 Å². The van der Waals surface area contributed by atoms with Crippen molar-refractivity contribution in [1.82, 2.24) is 9.78 Å². The number of rotatable bonds is 8. The summed E-state index contributed by atoms with van der Waals surface area (Å²) >= 11 is 6.41. The van der Waals surface area contributed by atoms with Gasteiger partial charge in [-0.15, -0.1) is 0 Å². The Morgan fingerprint density at radius 1 is 1.18 bits per heavy atom. The molecule has 5 nitrogen and oxygen atoms in total. The number of nitrogens with zero attached hydrogens (tertiary/aromatic N) is 2. The van der Waals surface area contributed by atoms with Crippen LogP contribution in [-0.4, -0.2) is 20.9 Å². The Hall–Kier alpha value is -2.53. The predicted molar refractivity (Wildman–Crippen MR) is 111 cm³/mol. The first-order chi connectivity index (χ1) is 13.3. The van der Waals surface area contributed by atoms with E-state index in [4.69, 9.17) is 21.4 Å². The summed E-state index contributed by atoms with van der Waals surface area (Å²) in [5.41, 5.74) is 2.98. The number of carboxylic acid groups (broad SMARTS) is 1. The molecule has 0 spiro atoms. The standard InChI is InChI=1S/C22H25ClN2O3/c1-14(2)12-25-19-6-4-5-17(21(19)22(23)24-25)13-28-18-9-7-16(8-10-18)15(3)11-20(26)27/h4-10,14-15H,11-13H2,1-3H3,(H,26,27). The van der Waals surface area contributed by atoms with Crippen LogP contribution in [0.15, 0.2) is 42.5 Å². The van der Waals surface area contributed by atoms with Crippen LogP contribution in [0, 0.1) is 5.92 Å². The lowest BCUT2D eigenvalue weighted by atomic mass is 9.98. The predicted octanol–water partition coefficient (Wildman–Crippen LogP) is 5.50. The zero-order valence-electron chi connectivity index (χ0n) is 16.4. The molecule has 1 heterocycles. The van der Waals surface area contributed by atoms with Gasteiger partial charge in [-0.25, -0.2) is 0 Å². The van der Waals surface area contributed by atoms with Crippen LogP contribution in [-0.2, 0) is 17.9 Å². The Kier molecular flexibility index (Phi) is 6.25. The van der Waals surface area contributed by atoms with Crippen molar-refractivity contribution in [3.05, 3.63) is 58.7 Å². The van der Waals surface area contributed by atoms with Crippen LogP contribution in [0.2, 0.25) is 5.15 Å². The number of carbonyl (C=O) groups is 1. The zero-order chi connectivity index (χ0) is 20.3. The second-order valence-electron chi connectivity index (χ2n) is 7.53. The van der Waals surface area contributed by atoms with Gasteiger partial charge >= 0.3 is 5.97 Å². The maximum atomic E-state index is 10.9. The number of aromatic nitrogens is 2. The van der Waals surface area contributed by atoms with Crippen LogP contribution in [0.4, 0.5) is 0 Å². The summed E-state index contributed by atoms with van der Waals surface area (Å²) in [6.07, 6.45) is 0.112. The minimum Gasteiger partial charge on any atom is -0.489 e. The molecular formula is C22H25ClN2O3. The van der Waals surface area contributed by atoms with Gasteiger partial charge < -0.3 is 9.84 Å². The molecule has 1 aromatic heterocycles. The van der Waals surface area contributed by atoms with Gasteiger partial charge in [0.05, 0.1) is 11.9 Å². The fourth-order valence-corrected chi connectivity index (χ4v) is 3.60. The molecule has 0 aliphatic rings. The van der Waals surface area contributed by atoms with Gasteiger partial charge in [-0.2, -0.15) is 5.10 Å². The summed E-state index contributed by atoms with van der Waals surface area (Å²) in [4.78, 5) is 10.9. The van der Waals surface area contributed by atoms with Crippen molar-refractivity contribution < 1.29 is 14.6 Å². The molecule has 3 rings (SSSR count). The number of carboxylic acids is 1. The highest BCUT2D eigenvalue weighted by Gasteiger charge is 2.14. The molecule has 148 valence electrons. The van der Waals surface area contributed by atoms with Gasteiger partial charge in [0.1, 0.15) is 12.4 Å². The van der Waals surface area contributed by atoms with Crippen molar-refractivity contribution in [3.8, 4) is 5.75 Å². The summed E-state index contributed by atoms with van der Waals surface area (Å²) < 4.78 is 7.90. The highest BCUT2D eigenvalue weighted by Crippen LogP contribution is 2.29. The summed E-state index contributed by atoms with van der Waals surface area (Å²) in [7, 11) is 0. The Labute approximate surface area is 169 Å². The molecule has 0 saturated heterocycles. The lowest BCUT2D eigenvalue weighted by Gasteiger charge is -2.12. The molecule has 1 N–H and O–H groups in total. The summed E-state index contributed by atoms with van der Waals surface area (Å²) in [6.45, 7) is 7.39. The van der Waals surface area contributed by atoms with E-state index in [-0.39, 0.29) is 12.3 Å². The minimum absolute atomic E-state index is 0.0362. The number of hydrogen-bond donors (Lipinski definition) is 1. The maximum Gasteiger partial charge on any atom is 0.303 e. The van der Waals surface area contributed by atoms with Crippen LogP contribution in [0.3, 0.4) is 0 Å². The average molecular weight is 401 g/mol. The normalized spacial score (nSPS) is 12.5. The van der Waals surface area contributed by atoms with E-state index in [1.165, 1.54) is 0 Å². The van der Waals surface area contributed by atoms with Crippen molar-refractivity contribution in [3.63, 3.8) is 0 Å². The first-order valence-corrected chi connectivity index (χ1v) is 9.81. The highest BCUT2D eigenvalue weighted by molar-refractivity contribution is 6.34. The molecule has 0 amide bonds. The van der Waals surface area contributed by atoms with E-state index in [1.54, 1.807) is 0 Å². The number of halogens is 1. The average Bonchev–Trinajstić information content (AvgIpc) is 2.95. The summed E-state index contributed by atoms with van der Waals surface area (Å²) in [5.74, 6) is 0.372. The molecule has 0 radical (unpaired) electrons. The second kappa shape index (κ2) is 8.65. The lowest BCUT2D eigenvalue weighted by molar-refractivity contribution is -0.137. The number of fused-ring (bicyclic) bond motifs is 1. The van der Waals surface area contributed by atoms with Gasteiger partial charge in [-0.1, -0.05) is 56.6 Å². The molecular weight excluding hydrogens is 376 g/mol. The van der Waals surface area contributed by atoms with E-state index in [1.807, 2.05) is 54.1 Å². The van der Waals surface area contributed by atoms with Crippen molar-refractivity contribution in [2.24, 2.45) is 5.92 Å². The summed E-state index contributed by atoms with van der Waals surface area (Å²) in [6, 6.07) is 13.6. The Bertz CT molecular complexity index is 964. The topological polar surface area (TPSA) is 64.4 Å². The largest absolute Gasteiger partial charge is 0.489 e. The monoisotopic (exact) mass is 400 g/mol. The van der Waals surface area contributed by atoms with Crippen LogP contribution >= 0.6 is 11.6 Å². The van der Waals surface area contributed by atoms with Crippen LogP contribution in [0.25, 0.3) is 10.9 Å². The van der Waals surface area contributed by atoms with Crippen molar-refractivity contribution in [2.75, 3.05) is 0 Å². The van der Waals surface area contributed by atoms with E-state index in [0.717, 1.165) is 34.3 Å². The first kappa shape index (κ1) is 20.2. The second-order valence-corrected chi connectivity index (χ2v) is 7.89. The van der Waals surface area contributed by atoms with E-state index in [9.17, 15) is 4.79 Å². The SMILES string of the molecule is CC(C)Cn1nc(Cl)c2c(COc3ccc(C(C)CC(=O)O)cc3)cccc21. The fourth-order valence-electron chi connectivity index (χ4n) is 3.29. The number of hydrogen-bond acceptors (Lipinski definition) is 3. The van der Waals surface area contributed by atoms with Crippen molar-refractivity contribution in [2.45, 2.75) is 46.3 Å². The summed E-state index contributed by atoms with van der Waals surface area (Å²) in [5, 5.41) is 14.8. The Balaban J connectivity index is 1.75. The molecule has 0 fully saturated rings.